The first-order valence-corrected chi connectivity index (χ1v) is 6.30. The van der Waals surface area contributed by atoms with E-state index in [1.165, 1.54) is 0 Å². The van der Waals surface area contributed by atoms with Crippen molar-refractivity contribution in [1.29, 1.82) is 0 Å². The number of amides is 1. The number of nitrogens with one attached hydrogen (secondary N) is 1. The van der Waals surface area contributed by atoms with Crippen LogP contribution in [0, 0.1) is 5.92 Å². The van der Waals surface area contributed by atoms with E-state index in [0.717, 1.165) is 19.3 Å². The first-order chi connectivity index (χ1) is 8.06. The monoisotopic (exact) mass is 244 g/mol. The highest BCUT2D eigenvalue weighted by atomic mass is 16.4. The van der Waals surface area contributed by atoms with Crippen LogP contribution in [0.2, 0.25) is 0 Å². The van der Waals surface area contributed by atoms with Gasteiger partial charge in [-0.25, -0.2) is 4.79 Å². The molecule has 4 N–H and O–H groups in total. The molecule has 0 aliphatic rings. The Labute approximate surface area is 103 Å². The van der Waals surface area contributed by atoms with Gasteiger partial charge < -0.3 is 16.2 Å². The number of carbonyl (C=O) groups is 2. The van der Waals surface area contributed by atoms with Crippen LogP contribution in [0.15, 0.2) is 0 Å². The van der Waals surface area contributed by atoms with Gasteiger partial charge in [-0.1, -0.05) is 33.1 Å². The minimum Gasteiger partial charge on any atom is -0.480 e. The van der Waals surface area contributed by atoms with Gasteiger partial charge in [0.2, 0.25) is 5.91 Å². The molecule has 0 radical (unpaired) electrons. The van der Waals surface area contributed by atoms with Crippen molar-refractivity contribution in [3.05, 3.63) is 0 Å². The van der Waals surface area contributed by atoms with Crippen LogP contribution < -0.4 is 11.1 Å². The molecule has 0 spiro atoms. The van der Waals surface area contributed by atoms with E-state index in [9.17, 15) is 9.59 Å². The number of unbranched alkanes of at least 4 members (excludes halogenated alkanes) is 1. The predicted molar refractivity (Wildman–Crippen MR) is 66.5 cm³/mol. The molecular formula is C12H24N2O3. The molecule has 0 rings (SSSR count). The Morgan fingerprint density at radius 2 is 1.88 bits per heavy atom. The van der Waals surface area contributed by atoms with Crippen LogP contribution >= 0.6 is 0 Å². The molecule has 0 aromatic heterocycles. The van der Waals surface area contributed by atoms with Crippen LogP contribution in [0.5, 0.6) is 0 Å². The van der Waals surface area contributed by atoms with Gasteiger partial charge in [-0.3, -0.25) is 4.79 Å². The highest BCUT2D eigenvalue weighted by Crippen LogP contribution is 2.07. The van der Waals surface area contributed by atoms with E-state index in [0.29, 0.717) is 12.8 Å². The molecule has 0 saturated carbocycles. The quantitative estimate of drug-likeness (QED) is 0.566. The molecule has 0 aromatic rings. The summed E-state index contributed by atoms with van der Waals surface area (Å²) < 4.78 is 0. The molecule has 0 aromatic carbocycles. The highest BCUT2D eigenvalue weighted by molar-refractivity contribution is 5.85. The number of carboxylic acids is 1. The third-order valence-corrected chi connectivity index (χ3v) is 2.75. The van der Waals surface area contributed by atoms with Crippen molar-refractivity contribution in [3.63, 3.8) is 0 Å². The topological polar surface area (TPSA) is 92.4 Å². The van der Waals surface area contributed by atoms with Crippen LogP contribution in [0.1, 0.15) is 46.0 Å². The summed E-state index contributed by atoms with van der Waals surface area (Å²) in [6, 6.07) is -0.784. The van der Waals surface area contributed by atoms with Crippen LogP contribution in [-0.4, -0.2) is 29.6 Å². The Morgan fingerprint density at radius 3 is 2.29 bits per heavy atom. The summed E-state index contributed by atoms with van der Waals surface area (Å²) in [7, 11) is 0. The molecule has 100 valence electrons. The van der Waals surface area contributed by atoms with E-state index in [1.54, 1.807) is 0 Å². The molecule has 0 aliphatic heterocycles. The van der Waals surface area contributed by atoms with E-state index < -0.39 is 12.0 Å². The lowest BCUT2D eigenvalue weighted by molar-refractivity contribution is -0.142. The van der Waals surface area contributed by atoms with Crippen LogP contribution in [0.25, 0.3) is 0 Å². The van der Waals surface area contributed by atoms with E-state index in [4.69, 9.17) is 10.8 Å². The van der Waals surface area contributed by atoms with Gasteiger partial charge in [-0.15, -0.1) is 0 Å². The summed E-state index contributed by atoms with van der Waals surface area (Å²) in [6.45, 7) is 4.22. The maximum atomic E-state index is 11.8. The van der Waals surface area contributed by atoms with Gasteiger partial charge in [0.1, 0.15) is 6.04 Å². The van der Waals surface area contributed by atoms with Crippen LogP contribution in [-0.2, 0) is 9.59 Å². The summed E-state index contributed by atoms with van der Waals surface area (Å²) in [6.07, 6.45) is 3.73. The molecule has 0 aliphatic carbocycles. The van der Waals surface area contributed by atoms with Crippen molar-refractivity contribution in [2.24, 2.45) is 11.7 Å². The smallest absolute Gasteiger partial charge is 0.326 e. The van der Waals surface area contributed by atoms with E-state index >= 15 is 0 Å². The molecular weight excluding hydrogens is 220 g/mol. The third kappa shape index (κ3) is 6.26. The fourth-order valence-electron chi connectivity index (χ4n) is 1.66. The van der Waals surface area contributed by atoms with Crippen molar-refractivity contribution < 1.29 is 14.7 Å². The standard InChI is InChI=1S/C12H24N2O3/c1-3-5-7-10(12(16)17)14-11(15)9(8-13)6-4-2/h9-10H,3-8,13H2,1-2H3,(H,14,15)(H,16,17)/t9?,10-/m0/s1. The summed E-state index contributed by atoms with van der Waals surface area (Å²) in [5.74, 6) is -1.49. The summed E-state index contributed by atoms with van der Waals surface area (Å²) in [5.41, 5.74) is 5.50. The zero-order chi connectivity index (χ0) is 13.3. The number of hydrogen-bond acceptors (Lipinski definition) is 3. The Bertz CT molecular complexity index is 244. The van der Waals surface area contributed by atoms with Crippen LogP contribution in [0.4, 0.5) is 0 Å². The Kier molecular flexibility index (Phi) is 8.40. The van der Waals surface area contributed by atoms with Gasteiger partial charge in [0, 0.05) is 6.54 Å². The molecule has 5 heteroatoms. The minimum absolute atomic E-state index is 0.238. The van der Waals surface area contributed by atoms with Gasteiger partial charge in [-0.05, 0) is 12.8 Å². The normalized spacial score (nSPS) is 14.1. The summed E-state index contributed by atoms with van der Waals surface area (Å²) in [4.78, 5) is 22.8. The van der Waals surface area contributed by atoms with Crippen molar-refractivity contribution in [3.8, 4) is 0 Å². The summed E-state index contributed by atoms with van der Waals surface area (Å²) >= 11 is 0. The van der Waals surface area contributed by atoms with Gasteiger partial charge >= 0.3 is 5.97 Å². The second kappa shape index (κ2) is 8.98. The Balaban J connectivity index is 4.32. The highest BCUT2D eigenvalue weighted by Gasteiger charge is 2.23. The average Bonchev–Trinajstić information content (AvgIpc) is 2.30. The maximum Gasteiger partial charge on any atom is 0.326 e. The lowest BCUT2D eigenvalue weighted by Crippen LogP contribution is -2.45. The molecule has 0 saturated heterocycles. The van der Waals surface area contributed by atoms with E-state index in [1.807, 2.05) is 13.8 Å². The zero-order valence-corrected chi connectivity index (χ0v) is 10.7. The predicted octanol–water partition coefficient (Wildman–Crippen LogP) is 1.12. The SMILES string of the molecule is CCCC[C@H](NC(=O)C(CN)CCC)C(=O)O. The van der Waals surface area contributed by atoms with Gasteiger partial charge in [0.05, 0.1) is 5.92 Å². The van der Waals surface area contributed by atoms with Gasteiger partial charge in [0.15, 0.2) is 0 Å². The van der Waals surface area contributed by atoms with Crippen molar-refractivity contribution in [1.82, 2.24) is 5.32 Å². The molecule has 1 amide bonds. The largest absolute Gasteiger partial charge is 0.480 e. The maximum absolute atomic E-state index is 11.8. The first kappa shape index (κ1) is 15.9. The molecule has 0 bridgehead atoms. The van der Waals surface area contributed by atoms with E-state index in [2.05, 4.69) is 5.32 Å². The molecule has 5 nitrogen and oxygen atoms in total. The summed E-state index contributed by atoms with van der Waals surface area (Å²) in [5, 5.41) is 11.6. The number of aliphatic carboxylic acids is 1. The van der Waals surface area contributed by atoms with Crippen molar-refractivity contribution in [2.75, 3.05) is 6.54 Å². The number of rotatable bonds is 9. The molecule has 1 unspecified atom stereocenters. The van der Waals surface area contributed by atoms with Gasteiger partial charge in [-0.2, -0.15) is 0 Å². The minimum atomic E-state index is -0.973. The van der Waals surface area contributed by atoms with Crippen molar-refractivity contribution in [2.45, 2.75) is 52.0 Å². The molecule has 0 heterocycles. The number of carboxylic acid groups (broad SMARTS) is 1. The lowest BCUT2D eigenvalue weighted by atomic mass is 10.0. The first-order valence-electron chi connectivity index (χ1n) is 6.30. The van der Waals surface area contributed by atoms with E-state index in [-0.39, 0.29) is 18.4 Å². The number of hydrogen-bond donors (Lipinski definition) is 3. The Hall–Kier alpha value is -1.10. The van der Waals surface area contributed by atoms with Crippen molar-refractivity contribution >= 4 is 11.9 Å². The zero-order valence-electron chi connectivity index (χ0n) is 10.7. The third-order valence-electron chi connectivity index (χ3n) is 2.75. The Morgan fingerprint density at radius 1 is 1.24 bits per heavy atom. The average molecular weight is 244 g/mol. The van der Waals surface area contributed by atoms with Crippen LogP contribution in [0.3, 0.4) is 0 Å². The molecule has 2 atom stereocenters. The fraction of sp³-hybridized carbons (Fsp3) is 0.833. The second-order valence-corrected chi connectivity index (χ2v) is 4.26. The van der Waals surface area contributed by atoms with Gasteiger partial charge in [0.25, 0.3) is 0 Å². The fourth-order valence-corrected chi connectivity index (χ4v) is 1.66. The second-order valence-electron chi connectivity index (χ2n) is 4.26. The molecule has 17 heavy (non-hydrogen) atoms. The molecule has 0 fully saturated rings. The lowest BCUT2D eigenvalue weighted by Gasteiger charge is -2.18. The number of carbonyl (C=O) groups excluding carboxylic acids is 1. The number of nitrogens with two attached hydrogens (primary N) is 1.